The topological polar surface area (TPSA) is 90.7 Å². The number of pyridine rings is 1. The molecule has 0 radical (unpaired) electrons. The summed E-state index contributed by atoms with van der Waals surface area (Å²) in [6, 6.07) is 1.16. The number of carboxylic acids is 1. The van der Waals surface area contributed by atoms with Gasteiger partial charge < -0.3 is 15.1 Å². The number of likely N-dealkylation sites (tertiary alicyclic amines) is 1. The second-order valence-corrected chi connectivity index (χ2v) is 4.07. The van der Waals surface area contributed by atoms with Crippen molar-refractivity contribution in [3.05, 3.63) is 29.8 Å². The van der Waals surface area contributed by atoms with Crippen molar-refractivity contribution in [3.8, 4) is 0 Å². The van der Waals surface area contributed by atoms with Gasteiger partial charge in [0.25, 0.3) is 5.91 Å². The molecule has 1 aliphatic heterocycles. The highest BCUT2D eigenvalue weighted by Gasteiger charge is 2.39. The van der Waals surface area contributed by atoms with Crippen LogP contribution in [0.15, 0.2) is 18.3 Å². The Bertz CT molecular complexity index is 494. The number of carboxylic acid groups (broad SMARTS) is 1. The number of aromatic nitrogens is 1. The molecular formula is C11H11FN2O4. The summed E-state index contributed by atoms with van der Waals surface area (Å²) < 4.78 is 12.9. The van der Waals surface area contributed by atoms with Crippen molar-refractivity contribution in [2.75, 3.05) is 6.54 Å². The Labute approximate surface area is 102 Å². The first-order valence-corrected chi connectivity index (χ1v) is 5.32. The highest BCUT2D eigenvalue weighted by atomic mass is 19.1. The number of amides is 1. The molecule has 2 heterocycles. The lowest BCUT2D eigenvalue weighted by Crippen LogP contribution is -2.40. The molecule has 6 nitrogen and oxygen atoms in total. The van der Waals surface area contributed by atoms with E-state index < -0.39 is 30.0 Å². The van der Waals surface area contributed by atoms with E-state index in [4.69, 9.17) is 5.11 Å². The van der Waals surface area contributed by atoms with Gasteiger partial charge in [-0.25, -0.2) is 9.78 Å². The smallest absolute Gasteiger partial charge is 0.326 e. The van der Waals surface area contributed by atoms with Crippen molar-refractivity contribution in [2.24, 2.45) is 0 Å². The molecule has 0 saturated carbocycles. The number of nitrogens with zero attached hydrogens (tertiary/aromatic N) is 2. The fourth-order valence-electron chi connectivity index (χ4n) is 1.97. The minimum absolute atomic E-state index is 0.0165. The number of aliphatic hydroxyl groups is 1. The van der Waals surface area contributed by atoms with E-state index in [2.05, 4.69) is 4.98 Å². The first-order chi connectivity index (χ1) is 8.49. The number of aliphatic hydroxyl groups excluding tert-OH is 1. The third kappa shape index (κ3) is 2.30. The Kier molecular flexibility index (Phi) is 3.24. The molecular weight excluding hydrogens is 243 g/mol. The van der Waals surface area contributed by atoms with Crippen LogP contribution < -0.4 is 0 Å². The van der Waals surface area contributed by atoms with E-state index in [0.29, 0.717) is 0 Å². The normalized spacial score (nSPS) is 23.1. The van der Waals surface area contributed by atoms with Gasteiger partial charge in [-0.2, -0.15) is 4.39 Å². The lowest BCUT2D eigenvalue weighted by Gasteiger charge is -2.20. The van der Waals surface area contributed by atoms with Crippen LogP contribution in [0.2, 0.25) is 0 Å². The summed E-state index contributed by atoms with van der Waals surface area (Å²) in [6.07, 6.45) is 0.237. The number of rotatable bonds is 2. The molecule has 2 atom stereocenters. The molecule has 7 heteroatoms. The van der Waals surface area contributed by atoms with E-state index in [1.807, 2.05) is 0 Å². The maximum atomic E-state index is 12.9. The summed E-state index contributed by atoms with van der Waals surface area (Å²) in [5.41, 5.74) is 0.0165. The molecule has 1 amide bonds. The summed E-state index contributed by atoms with van der Waals surface area (Å²) in [6.45, 7) is -0.0697. The molecule has 0 aliphatic carbocycles. The van der Waals surface area contributed by atoms with E-state index in [0.717, 1.165) is 17.2 Å². The lowest BCUT2D eigenvalue weighted by molar-refractivity contribution is -0.141. The van der Waals surface area contributed by atoms with Gasteiger partial charge in [0.05, 0.1) is 6.10 Å². The van der Waals surface area contributed by atoms with Crippen molar-refractivity contribution >= 4 is 11.9 Å². The van der Waals surface area contributed by atoms with Gasteiger partial charge in [0.2, 0.25) is 5.95 Å². The second kappa shape index (κ2) is 4.69. The van der Waals surface area contributed by atoms with Crippen LogP contribution in [-0.2, 0) is 4.79 Å². The molecule has 1 unspecified atom stereocenters. The van der Waals surface area contributed by atoms with Crippen molar-refractivity contribution in [1.82, 2.24) is 9.88 Å². The first-order valence-electron chi connectivity index (χ1n) is 5.32. The number of carbonyl (C=O) groups excluding carboxylic acids is 1. The number of aliphatic carboxylic acids is 1. The van der Waals surface area contributed by atoms with E-state index in [-0.39, 0.29) is 18.5 Å². The maximum absolute atomic E-state index is 12.9. The maximum Gasteiger partial charge on any atom is 0.326 e. The Morgan fingerprint density at radius 2 is 2.22 bits per heavy atom. The monoisotopic (exact) mass is 254 g/mol. The van der Waals surface area contributed by atoms with Crippen molar-refractivity contribution in [2.45, 2.75) is 18.6 Å². The van der Waals surface area contributed by atoms with E-state index in [9.17, 15) is 19.1 Å². The number of carbonyl (C=O) groups is 2. The van der Waals surface area contributed by atoms with Crippen LogP contribution in [0, 0.1) is 5.95 Å². The largest absolute Gasteiger partial charge is 0.480 e. The quantitative estimate of drug-likeness (QED) is 0.718. The first kappa shape index (κ1) is 12.4. The molecule has 2 rings (SSSR count). The molecule has 0 spiro atoms. The van der Waals surface area contributed by atoms with Gasteiger partial charge in [-0.15, -0.1) is 0 Å². The standard InChI is InChI=1S/C11H11FN2O4/c12-9-3-6(1-2-13-9)10(16)14-5-7(15)4-8(14)11(17)18/h1-3,7-8,15H,4-5H2,(H,17,18)/t7?,8-/m0/s1. The van der Waals surface area contributed by atoms with Crippen LogP contribution in [0.3, 0.4) is 0 Å². The average molecular weight is 254 g/mol. The minimum Gasteiger partial charge on any atom is -0.480 e. The average Bonchev–Trinajstić information content (AvgIpc) is 2.70. The highest BCUT2D eigenvalue weighted by Crippen LogP contribution is 2.20. The molecule has 1 fully saturated rings. The molecule has 1 aromatic heterocycles. The molecule has 1 saturated heterocycles. The Hall–Kier alpha value is -2.02. The Morgan fingerprint density at radius 3 is 2.83 bits per heavy atom. The Balaban J connectivity index is 2.25. The second-order valence-electron chi connectivity index (χ2n) is 4.07. The molecule has 96 valence electrons. The van der Waals surface area contributed by atoms with Gasteiger partial charge in [-0.05, 0) is 6.07 Å². The van der Waals surface area contributed by atoms with Gasteiger partial charge in [-0.3, -0.25) is 4.79 Å². The van der Waals surface area contributed by atoms with Gasteiger partial charge in [0.15, 0.2) is 0 Å². The fourth-order valence-corrected chi connectivity index (χ4v) is 1.97. The van der Waals surface area contributed by atoms with Gasteiger partial charge in [0.1, 0.15) is 6.04 Å². The lowest BCUT2D eigenvalue weighted by atomic mass is 10.2. The van der Waals surface area contributed by atoms with Gasteiger partial charge in [0, 0.05) is 30.8 Å². The summed E-state index contributed by atoms with van der Waals surface area (Å²) in [5.74, 6) is -2.62. The van der Waals surface area contributed by atoms with Gasteiger partial charge in [-0.1, -0.05) is 0 Å². The third-order valence-electron chi connectivity index (χ3n) is 2.80. The van der Waals surface area contributed by atoms with Crippen molar-refractivity contribution < 1.29 is 24.2 Å². The van der Waals surface area contributed by atoms with Gasteiger partial charge >= 0.3 is 5.97 Å². The predicted octanol–water partition coefficient (Wildman–Crippen LogP) is -0.119. The molecule has 0 aromatic carbocycles. The van der Waals surface area contributed by atoms with Crippen LogP contribution in [0.4, 0.5) is 4.39 Å². The summed E-state index contributed by atoms with van der Waals surface area (Å²) in [4.78, 5) is 27.3. The molecule has 1 aromatic rings. The molecule has 18 heavy (non-hydrogen) atoms. The van der Waals surface area contributed by atoms with Crippen molar-refractivity contribution in [1.29, 1.82) is 0 Å². The zero-order valence-electron chi connectivity index (χ0n) is 9.28. The highest BCUT2D eigenvalue weighted by molar-refractivity contribution is 5.96. The van der Waals surface area contributed by atoms with Crippen LogP contribution in [0.5, 0.6) is 0 Å². The SMILES string of the molecule is O=C(O)[C@@H]1CC(O)CN1C(=O)c1ccnc(F)c1. The fraction of sp³-hybridized carbons (Fsp3) is 0.364. The van der Waals surface area contributed by atoms with Crippen LogP contribution in [0.25, 0.3) is 0 Å². The summed E-state index contributed by atoms with van der Waals surface area (Å²) in [7, 11) is 0. The number of β-amino-alcohol motifs (C(OH)–C–C–N with tert-alkyl or cyclic N) is 1. The van der Waals surface area contributed by atoms with E-state index >= 15 is 0 Å². The van der Waals surface area contributed by atoms with Crippen LogP contribution >= 0.6 is 0 Å². The van der Waals surface area contributed by atoms with E-state index in [1.54, 1.807) is 0 Å². The molecule has 0 bridgehead atoms. The predicted molar refractivity (Wildman–Crippen MR) is 57.3 cm³/mol. The Morgan fingerprint density at radius 1 is 1.50 bits per heavy atom. The number of halogens is 1. The summed E-state index contributed by atoms with van der Waals surface area (Å²) in [5, 5.41) is 18.4. The molecule has 2 N–H and O–H groups in total. The zero-order valence-corrected chi connectivity index (χ0v) is 9.28. The van der Waals surface area contributed by atoms with Crippen LogP contribution in [0.1, 0.15) is 16.8 Å². The summed E-state index contributed by atoms with van der Waals surface area (Å²) >= 11 is 0. The van der Waals surface area contributed by atoms with E-state index in [1.165, 1.54) is 6.07 Å². The number of hydrogen-bond donors (Lipinski definition) is 2. The third-order valence-corrected chi connectivity index (χ3v) is 2.80. The van der Waals surface area contributed by atoms with Crippen molar-refractivity contribution in [3.63, 3.8) is 0 Å². The zero-order chi connectivity index (χ0) is 13.3. The molecule has 1 aliphatic rings. The number of hydrogen-bond acceptors (Lipinski definition) is 4. The minimum atomic E-state index is -1.19. The van der Waals surface area contributed by atoms with Crippen LogP contribution in [-0.4, -0.2) is 50.7 Å².